The average molecular weight is 273 g/mol. The maximum absolute atomic E-state index is 11.7. The number of carboxylic acid groups (broad SMARTS) is 1. The molecule has 3 fully saturated rings. The molecule has 5 atom stereocenters. The molecule has 0 aromatic heterocycles. The van der Waals surface area contributed by atoms with Crippen LogP contribution >= 0.6 is 0 Å². The minimum absolute atomic E-state index is 0.0151. The molecule has 3 saturated carbocycles. The number of hydrogen-bond acceptors (Lipinski definition) is 3. The number of carboxylic acids is 1. The molecule has 0 heterocycles. The summed E-state index contributed by atoms with van der Waals surface area (Å²) in [5.41, 5.74) is 0. The zero-order chi connectivity index (χ0) is 12.9. The second kappa shape index (κ2) is 4.20. The van der Waals surface area contributed by atoms with Gasteiger partial charge in [-0.15, -0.1) is 0 Å². The molecule has 0 aromatic carbocycles. The number of hydrogen-bond donors (Lipinski definition) is 2. The second-order valence-corrected chi connectivity index (χ2v) is 7.78. The summed E-state index contributed by atoms with van der Waals surface area (Å²) < 4.78 is 26.0. The third-order valence-corrected chi connectivity index (χ3v) is 6.36. The first-order valence-corrected chi connectivity index (χ1v) is 8.33. The molecule has 2 N–H and O–H groups in total. The fourth-order valence-electron chi connectivity index (χ4n) is 4.64. The molecular weight excluding hydrogens is 254 g/mol. The van der Waals surface area contributed by atoms with Gasteiger partial charge in [0.05, 0.1) is 0 Å². The van der Waals surface area contributed by atoms with Gasteiger partial charge in [-0.25, -0.2) is 13.1 Å². The lowest BCUT2D eigenvalue weighted by molar-refractivity contribution is -0.134. The molecule has 0 amide bonds. The minimum Gasteiger partial charge on any atom is -0.480 e. The van der Waals surface area contributed by atoms with Gasteiger partial charge in [0.1, 0.15) is 0 Å². The second-order valence-electron chi connectivity index (χ2n) is 6.03. The van der Waals surface area contributed by atoms with E-state index < -0.39 is 21.7 Å². The van der Waals surface area contributed by atoms with Crippen LogP contribution in [0.5, 0.6) is 0 Å². The molecule has 102 valence electrons. The van der Waals surface area contributed by atoms with Crippen molar-refractivity contribution in [3.05, 3.63) is 0 Å². The molecular formula is C12H19NO4S. The summed E-state index contributed by atoms with van der Waals surface area (Å²) in [7, 11) is -3.66. The molecule has 6 heteroatoms. The van der Waals surface area contributed by atoms with Crippen LogP contribution in [0.3, 0.4) is 0 Å². The van der Waals surface area contributed by atoms with E-state index in [0.29, 0.717) is 17.8 Å². The van der Waals surface area contributed by atoms with Crippen molar-refractivity contribution in [1.29, 1.82) is 0 Å². The Kier molecular flexibility index (Phi) is 2.90. The normalized spacial score (nSPS) is 42.1. The first-order valence-electron chi connectivity index (χ1n) is 6.68. The van der Waals surface area contributed by atoms with E-state index in [0.717, 1.165) is 18.8 Å². The molecule has 3 aliphatic rings. The fourth-order valence-corrected chi connectivity index (χ4v) is 5.78. The highest BCUT2D eigenvalue weighted by Gasteiger charge is 2.54. The Bertz CT molecular complexity index is 461. The monoisotopic (exact) mass is 273 g/mol. The van der Waals surface area contributed by atoms with Gasteiger partial charge in [0.2, 0.25) is 10.0 Å². The SMILES string of the molecule is O=C(O)CS(=O)(=O)NC1CC2CC1C1CCCC21. The van der Waals surface area contributed by atoms with Crippen molar-refractivity contribution in [2.75, 3.05) is 5.75 Å². The van der Waals surface area contributed by atoms with Crippen LogP contribution < -0.4 is 4.72 Å². The van der Waals surface area contributed by atoms with Gasteiger partial charge in [0.25, 0.3) is 0 Å². The summed E-state index contributed by atoms with van der Waals surface area (Å²) in [5.74, 6) is 0.515. The third kappa shape index (κ3) is 2.05. The van der Waals surface area contributed by atoms with E-state index in [-0.39, 0.29) is 6.04 Å². The van der Waals surface area contributed by atoms with Crippen molar-refractivity contribution in [3.63, 3.8) is 0 Å². The van der Waals surface area contributed by atoms with Crippen LogP contribution in [-0.4, -0.2) is 31.3 Å². The van der Waals surface area contributed by atoms with Crippen LogP contribution in [0.15, 0.2) is 0 Å². The van der Waals surface area contributed by atoms with E-state index in [1.807, 2.05) is 0 Å². The number of rotatable bonds is 4. The Hall–Kier alpha value is -0.620. The third-order valence-electron chi connectivity index (χ3n) is 5.07. The molecule has 18 heavy (non-hydrogen) atoms. The number of carbonyl (C=O) groups is 1. The highest BCUT2D eigenvalue weighted by molar-refractivity contribution is 7.90. The van der Waals surface area contributed by atoms with E-state index in [1.165, 1.54) is 19.3 Å². The molecule has 0 radical (unpaired) electrons. The topological polar surface area (TPSA) is 83.5 Å². The summed E-state index contributed by atoms with van der Waals surface area (Å²) in [6.07, 6.45) is 5.85. The van der Waals surface area contributed by atoms with Crippen LogP contribution in [0.1, 0.15) is 32.1 Å². The highest BCUT2D eigenvalue weighted by atomic mass is 32.2. The summed E-state index contributed by atoms with van der Waals surface area (Å²) in [4.78, 5) is 10.5. The van der Waals surface area contributed by atoms with Gasteiger partial charge in [-0.05, 0) is 49.4 Å². The fraction of sp³-hybridized carbons (Fsp3) is 0.917. The van der Waals surface area contributed by atoms with E-state index >= 15 is 0 Å². The molecule has 5 unspecified atom stereocenters. The van der Waals surface area contributed by atoms with Crippen molar-refractivity contribution in [3.8, 4) is 0 Å². The van der Waals surface area contributed by atoms with Gasteiger partial charge in [-0.1, -0.05) is 6.42 Å². The number of fused-ring (bicyclic) bond motifs is 5. The number of nitrogens with one attached hydrogen (secondary N) is 1. The van der Waals surface area contributed by atoms with Gasteiger partial charge < -0.3 is 5.11 Å². The summed E-state index contributed by atoms with van der Waals surface area (Å²) in [5, 5.41) is 8.59. The smallest absolute Gasteiger partial charge is 0.320 e. The quantitative estimate of drug-likeness (QED) is 0.794. The molecule has 0 spiro atoms. The maximum Gasteiger partial charge on any atom is 0.320 e. The first kappa shape index (κ1) is 12.4. The summed E-state index contributed by atoms with van der Waals surface area (Å²) in [6, 6.07) is -0.0151. The number of aliphatic carboxylic acids is 1. The minimum atomic E-state index is -3.66. The zero-order valence-corrected chi connectivity index (χ0v) is 11.0. The first-order chi connectivity index (χ1) is 8.46. The lowest BCUT2D eigenvalue weighted by atomic mass is 9.79. The van der Waals surface area contributed by atoms with Crippen molar-refractivity contribution in [1.82, 2.24) is 4.72 Å². The molecule has 3 aliphatic carbocycles. The van der Waals surface area contributed by atoms with Crippen LogP contribution in [-0.2, 0) is 14.8 Å². The van der Waals surface area contributed by atoms with Crippen molar-refractivity contribution < 1.29 is 18.3 Å². The van der Waals surface area contributed by atoms with Crippen molar-refractivity contribution >= 4 is 16.0 Å². The standard InChI is InChI=1S/C12H19NO4S/c14-12(15)6-18(16,17)13-11-5-7-4-10(11)9-3-1-2-8(7)9/h7-11,13H,1-6H2,(H,14,15). The van der Waals surface area contributed by atoms with E-state index in [2.05, 4.69) is 4.72 Å². The molecule has 2 bridgehead atoms. The Morgan fingerprint density at radius 1 is 1.17 bits per heavy atom. The van der Waals surface area contributed by atoms with Crippen LogP contribution in [0.25, 0.3) is 0 Å². The molecule has 5 nitrogen and oxygen atoms in total. The van der Waals surface area contributed by atoms with Crippen LogP contribution in [0.4, 0.5) is 0 Å². The summed E-state index contributed by atoms with van der Waals surface area (Å²) >= 11 is 0. The van der Waals surface area contributed by atoms with Gasteiger partial charge in [-0.2, -0.15) is 0 Å². The summed E-state index contributed by atoms with van der Waals surface area (Å²) in [6.45, 7) is 0. The van der Waals surface area contributed by atoms with E-state index in [4.69, 9.17) is 5.11 Å². The molecule has 0 aromatic rings. The Labute approximate surface area is 107 Å². The molecule has 0 aliphatic heterocycles. The average Bonchev–Trinajstić information content (AvgIpc) is 2.81. The predicted octanol–water partition coefficient (Wildman–Crippen LogP) is 0.815. The van der Waals surface area contributed by atoms with Gasteiger partial charge in [0.15, 0.2) is 5.75 Å². The molecule has 3 rings (SSSR count). The van der Waals surface area contributed by atoms with Gasteiger partial charge in [0, 0.05) is 6.04 Å². The van der Waals surface area contributed by atoms with Crippen LogP contribution in [0, 0.1) is 23.7 Å². The zero-order valence-electron chi connectivity index (χ0n) is 10.2. The van der Waals surface area contributed by atoms with Crippen molar-refractivity contribution in [2.45, 2.75) is 38.1 Å². The van der Waals surface area contributed by atoms with Crippen LogP contribution in [0.2, 0.25) is 0 Å². The lowest BCUT2D eigenvalue weighted by Crippen LogP contribution is -2.44. The van der Waals surface area contributed by atoms with E-state index in [1.54, 1.807) is 0 Å². The lowest BCUT2D eigenvalue weighted by Gasteiger charge is -2.31. The van der Waals surface area contributed by atoms with Gasteiger partial charge >= 0.3 is 5.97 Å². The van der Waals surface area contributed by atoms with Gasteiger partial charge in [-0.3, -0.25) is 4.79 Å². The maximum atomic E-state index is 11.7. The van der Waals surface area contributed by atoms with Crippen molar-refractivity contribution in [2.24, 2.45) is 23.7 Å². The Morgan fingerprint density at radius 3 is 2.61 bits per heavy atom. The Morgan fingerprint density at radius 2 is 1.89 bits per heavy atom. The highest BCUT2D eigenvalue weighted by Crippen LogP contribution is 2.58. The Balaban J connectivity index is 1.68. The van der Waals surface area contributed by atoms with E-state index in [9.17, 15) is 13.2 Å². The molecule has 0 saturated heterocycles. The number of sulfonamides is 1. The predicted molar refractivity (Wildman–Crippen MR) is 65.4 cm³/mol. The largest absolute Gasteiger partial charge is 0.480 e.